The van der Waals surface area contributed by atoms with Gasteiger partial charge in [0.15, 0.2) is 6.04 Å². The van der Waals surface area contributed by atoms with E-state index in [4.69, 9.17) is 14.9 Å². The maximum Gasteiger partial charge on any atom is 0.328 e. The summed E-state index contributed by atoms with van der Waals surface area (Å²) in [5.41, 5.74) is 0. The predicted octanol–water partition coefficient (Wildman–Crippen LogP) is -0.638. The molecule has 0 bridgehead atoms. The Kier molecular flexibility index (Phi) is 5.88. The highest BCUT2D eigenvalue weighted by Gasteiger charge is 2.24. The number of aliphatic hydroxyl groups excluding tert-OH is 1. The Balaban J connectivity index is 4.07. The molecule has 6 heteroatoms. The van der Waals surface area contributed by atoms with Gasteiger partial charge in [0, 0.05) is 0 Å². The number of nitrogens with one attached hydrogen (secondary N) is 1. The van der Waals surface area contributed by atoms with Crippen molar-refractivity contribution in [2.24, 2.45) is 0 Å². The fraction of sp³-hybridized carbons (Fsp3) is 0.778. The Morgan fingerprint density at radius 1 is 1.33 bits per heavy atom. The lowest BCUT2D eigenvalue weighted by atomic mass is 10.2. The number of amides is 1. The van der Waals surface area contributed by atoms with Crippen molar-refractivity contribution < 1.29 is 24.5 Å². The minimum Gasteiger partial charge on any atom is -0.480 e. The van der Waals surface area contributed by atoms with Crippen LogP contribution in [0.5, 0.6) is 0 Å². The molecule has 2 atom stereocenters. The predicted molar refractivity (Wildman–Crippen MR) is 52.3 cm³/mol. The maximum atomic E-state index is 11.2. The Bertz CT molecular complexity index is 227. The van der Waals surface area contributed by atoms with Crippen LogP contribution in [-0.4, -0.2) is 46.9 Å². The van der Waals surface area contributed by atoms with Crippen molar-refractivity contribution in [3.8, 4) is 0 Å². The van der Waals surface area contributed by atoms with Gasteiger partial charge in [0.25, 0.3) is 0 Å². The van der Waals surface area contributed by atoms with Crippen LogP contribution in [-0.2, 0) is 14.3 Å². The molecule has 0 aliphatic carbocycles. The van der Waals surface area contributed by atoms with Crippen molar-refractivity contribution in [1.82, 2.24) is 5.32 Å². The Morgan fingerprint density at radius 3 is 2.20 bits per heavy atom. The number of ether oxygens (including phenoxy) is 1. The van der Waals surface area contributed by atoms with Crippen molar-refractivity contribution in [3.05, 3.63) is 0 Å². The molecule has 0 aliphatic rings. The summed E-state index contributed by atoms with van der Waals surface area (Å²) in [6.07, 6.45) is -1.25. The van der Waals surface area contributed by atoms with Gasteiger partial charge in [-0.25, -0.2) is 4.79 Å². The molecule has 0 unspecified atom stereocenters. The number of carbonyl (C=O) groups is 2. The first-order valence-corrected chi connectivity index (χ1v) is 4.66. The van der Waals surface area contributed by atoms with Crippen molar-refractivity contribution in [2.45, 2.75) is 39.0 Å². The van der Waals surface area contributed by atoms with E-state index in [-0.39, 0.29) is 12.7 Å². The third-order valence-corrected chi connectivity index (χ3v) is 1.61. The molecule has 0 saturated heterocycles. The van der Waals surface area contributed by atoms with E-state index in [0.717, 1.165) is 0 Å². The molecule has 3 N–H and O–H groups in total. The van der Waals surface area contributed by atoms with E-state index in [0.29, 0.717) is 0 Å². The molecule has 0 radical (unpaired) electrons. The summed E-state index contributed by atoms with van der Waals surface area (Å²) in [6.45, 7) is 4.60. The van der Waals surface area contributed by atoms with Crippen LogP contribution >= 0.6 is 0 Å². The average molecular weight is 219 g/mol. The van der Waals surface area contributed by atoms with Gasteiger partial charge in [0.2, 0.25) is 5.91 Å². The summed E-state index contributed by atoms with van der Waals surface area (Å²) in [7, 11) is 0. The van der Waals surface area contributed by atoms with Crippen LogP contribution in [0.4, 0.5) is 0 Å². The van der Waals surface area contributed by atoms with Gasteiger partial charge in [-0.05, 0) is 20.8 Å². The fourth-order valence-electron chi connectivity index (χ4n) is 0.846. The highest BCUT2D eigenvalue weighted by Crippen LogP contribution is 1.94. The third kappa shape index (κ3) is 6.03. The minimum absolute atomic E-state index is 0.106. The number of rotatable bonds is 6. The van der Waals surface area contributed by atoms with Gasteiger partial charge in [-0.1, -0.05) is 0 Å². The summed E-state index contributed by atoms with van der Waals surface area (Å²) in [6, 6.07) is -1.30. The van der Waals surface area contributed by atoms with Crippen LogP contribution in [0.1, 0.15) is 20.8 Å². The summed E-state index contributed by atoms with van der Waals surface area (Å²) in [5.74, 6) is -1.83. The number of carbonyl (C=O) groups excluding carboxylic acids is 1. The summed E-state index contributed by atoms with van der Waals surface area (Å²) in [5, 5.41) is 19.9. The number of carboxylic acid groups (broad SMARTS) is 1. The molecule has 6 nitrogen and oxygen atoms in total. The van der Waals surface area contributed by atoms with E-state index in [1.807, 2.05) is 0 Å². The average Bonchev–Trinajstić information content (AvgIpc) is 2.09. The minimum atomic E-state index is -1.30. The molecule has 15 heavy (non-hydrogen) atoms. The summed E-state index contributed by atoms with van der Waals surface area (Å²) >= 11 is 0. The van der Waals surface area contributed by atoms with Crippen LogP contribution in [0.3, 0.4) is 0 Å². The van der Waals surface area contributed by atoms with Gasteiger partial charge < -0.3 is 20.3 Å². The zero-order valence-electron chi connectivity index (χ0n) is 9.06. The number of carboxylic acids is 1. The van der Waals surface area contributed by atoms with E-state index in [9.17, 15) is 9.59 Å². The second-order valence-electron chi connectivity index (χ2n) is 3.48. The van der Waals surface area contributed by atoms with Crippen LogP contribution < -0.4 is 5.32 Å². The number of hydrogen-bond acceptors (Lipinski definition) is 4. The second-order valence-corrected chi connectivity index (χ2v) is 3.48. The molecule has 0 saturated carbocycles. The van der Waals surface area contributed by atoms with Gasteiger partial charge in [-0.3, -0.25) is 4.79 Å². The monoisotopic (exact) mass is 219 g/mol. The van der Waals surface area contributed by atoms with Gasteiger partial charge in [0.1, 0.15) is 6.61 Å². The second kappa shape index (κ2) is 6.36. The van der Waals surface area contributed by atoms with E-state index >= 15 is 0 Å². The molecule has 0 aliphatic heterocycles. The standard InChI is InChI=1S/C9H17NO5/c1-5(2)15-4-7(12)10-8(6(3)11)9(13)14/h5-6,8,11H,4H2,1-3H3,(H,10,12)(H,13,14)/t6-,8+/m1/s1. The summed E-state index contributed by atoms with van der Waals surface area (Å²) in [4.78, 5) is 21.8. The first kappa shape index (κ1) is 13.9. The molecule has 0 rings (SSSR count). The van der Waals surface area contributed by atoms with Gasteiger partial charge in [-0.15, -0.1) is 0 Å². The zero-order valence-corrected chi connectivity index (χ0v) is 9.06. The topological polar surface area (TPSA) is 95.9 Å². The largest absolute Gasteiger partial charge is 0.480 e. The number of hydrogen-bond donors (Lipinski definition) is 3. The lowest BCUT2D eigenvalue weighted by Gasteiger charge is -2.17. The van der Waals surface area contributed by atoms with Crippen molar-refractivity contribution in [2.75, 3.05) is 6.61 Å². The van der Waals surface area contributed by atoms with E-state index in [2.05, 4.69) is 5.32 Å². The molecule has 0 fully saturated rings. The van der Waals surface area contributed by atoms with Gasteiger partial charge >= 0.3 is 5.97 Å². The molecule has 1 amide bonds. The SMILES string of the molecule is CC(C)OCC(=O)N[C@H](C(=O)O)[C@@H](C)O. The first-order chi connectivity index (χ1) is 6.84. The molecular formula is C9H17NO5. The third-order valence-electron chi connectivity index (χ3n) is 1.61. The molecule has 0 heterocycles. The van der Waals surface area contributed by atoms with E-state index < -0.39 is 24.0 Å². The maximum absolute atomic E-state index is 11.2. The van der Waals surface area contributed by atoms with Crippen LogP contribution in [0, 0.1) is 0 Å². The van der Waals surface area contributed by atoms with Gasteiger partial charge in [-0.2, -0.15) is 0 Å². The zero-order chi connectivity index (χ0) is 12.0. The molecule has 0 aromatic heterocycles. The van der Waals surface area contributed by atoms with E-state index in [1.54, 1.807) is 13.8 Å². The molecular weight excluding hydrogens is 202 g/mol. The van der Waals surface area contributed by atoms with Crippen LogP contribution in [0.15, 0.2) is 0 Å². The Labute approximate surface area is 88.2 Å². The normalized spacial score (nSPS) is 14.7. The molecule has 0 aromatic rings. The highest BCUT2D eigenvalue weighted by atomic mass is 16.5. The van der Waals surface area contributed by atoms with Crippen LogP contribution in [0.2, 0.25) is 0 Å². The quantitative estimate of drug-likeness (QED) is 0.552. The van der Waals surface area contributed by atoms with Crippen molar-refractivity contribution in [3.63, 3.8) is 0 Å². The smallest absolute Gasteiger partial charge is 0.328 e. The number of aliphatic hydroxyl groups is 1. The molecule has 88 valence electrons. The number of aliphatic carboxylic acids is 1. The molecule has 0 aromatic carbocycles. The van der Waals surface area contributed by atoms with Crippen molar-refractivity contribution in [1.29, 1.82) is 0 Å². The lowest BCUT2D eigenvalue weighted by molar-refractivity contribution is -0.145. The Hall–Kier alpha value is -1.14. The Morgan fingerprint density at radius 2 is 1.87 bits per heavy atom. The summed E-state index contributed by atoms with van der Waals surface area (Å²) < 4.78 is 4.98. The van der Waals surface area contributed by atoms with Crippen LogP contribution in [0.25, 0.3) is 0 Å². The van der Waals surface area contributed by atoms with E-state index in [1.165, 1.54) is 6.92 Å². The fourth-order valence-corrected chi connectivity index (χ4v) is 0.846. The first-order valence-electron chi connectivity index (χ1n) is 4.66. The van der Waals surface area contributed by atoms with Crippen molar-refractivity contribution >= 4 is 11.9 Å². The highest BCUT2D eigenvalue weighted by molar-refractivity contribution is 5.84. The van der Waals surface area contributed by atoms with Gasteiger partial charge in [0.05, 0.1) is 12.2 Å². The molecule has 0 spiro atoms. The lowest BCUT2D eigenvalue weighted by Crippen LogP contribution is -2.48.